The number of primary sulfonamides is 1. The normalized spacial score (nSPS) is 11.4. The molecule has 9 heteroatoms. The second-order valence-corrected chi connectivity index (χ2v) is 7.35. The van der Waals surface area contributed by atoms with Gasteiger partial charge >= 0.3 is 0 Å². The maximum Gasteiger partial charge on any atom is 0.238 e. The van der Waals surface area contributed by atoms with E-state index in [9.17, 15) is 8.42 Å². The van der Waals surface area contributed by atoms with Crippen LogP contribution in [0.5, 0.6) is 5.75 Å². The quantitative estimate of drug-likeness (QED) is 0.835. The predicted octanol–water partition coefficient (Wildman–Crippen LogP) is 3.38. The molecule has 5 nitrogen and oxygen atoms in total. The van der Waals surface area contributed by atoms with Gasteiger partial charge < -0.3 is 4.74 Å². The number of hydrogen-bond donors (Lipinski definition) is 1. The molecular formula is C12H9BrCl2N2O3S. The van der Waals surface area contributed by atoms with Crippen molar-refractivity contribution in [1.82, 2.24) is 4.98 Å². The summed E-state index contributed by atoms with van der Waals surface area (Å²) < 4.78 is 28.9. The summed E-state index contributed by atoms with van der Waals surface area (Å²) in [6.45, 7) is 0.181. The number of benzene rings is 1. The van der Waals surface area contributed by atoms with Crippen LogP contribution in [0.3, 0.4) is 0 Å². The minimum atomic E-state index is -3.88. The fourth-order valence-electron chi connectivity index (χ4n) is 1.53. The van der Waals surface area contributed by atoms with E-state index in [1.807, 2.05) is 6.07 Å². The Balaban J connectivity index is 2.25. The molecule has 0 aliphatic rings. The van der Waals surface area contributed by atoms with Gasteiger partial charge in [0.05, 0.1) is 14.9 Å². The number of hydrogen-bond acceptors (Lipinski definition) is 4. The molecule has 0 fully saturated rings. The topological polar surface area (TPSA) is 82.3 Å². The number of nitrogens with zero attached hydrogens (tertiary/aromatic N) is 1. The molecule has 0 bridgehead atoms. The van der Waals surface area contributed by atoms with Crippen molar-refractivity contribution in [3.05, 3.63) is 50.7 Å². The highest BCUT2D eigenvalue weighted by Crippen LogP contribution is 2.35. The molecule has 2 N–H and O–H groups in total. The smallest absolute Gasteiger partial charge is 0.238 e. The summed E-state index contributed by atoms with van der Waals surface area (Å²) >= 11 is 15.3. The molecule has 112 valence electrons. The van der Waals surface area contributed by atoms with Gasteiger partial charge in [-0.2, -0.15) is 0 Å². The van der Waals surface area contributed by atoms with Gasteiger partial charge in [-0.1, -0.05) is 23.2 Å². The van der Waals surface area contributed by atoms with Crippen LogP contribution in [0.1, 0.15) is 5.56 Å². The van der Waals surface area contributed by atoms with E-state index in [1.54, 1.807) is 12.4 Å². The first-order valence-corrected chi connectivity index (χ1v) is 8.61. The zero-order valence-electron chi connectivity index (χ0n) is 10.4. The minimum absolute atomic E-state index is 0.0643. The maximum atomic E-state index is 11.3. The van der Waals surface area contributed by atoms with Crippen molar-refractivity contribution in [2.24, 2.45) is 5.14 Å². The molecule has 2 rings (SSSR count). The van der Waals surface area contributed by atoms with Crippen LogP contribution in [-0.4, -0.2) is 13.4 Å². The van der Waals surface area contributed by atoms with Crippen molar-refractivity contribution in [3.63, 3.8) is 0 Å². The van der Waals surface area contributed by atoms with Crippen molar-refractivity contribution >= 4 is 49.2 Å². The molecule has 0 aliphatic carbocycles. The highest BCUT2D eigenvalue weighted by molar-refractivity contribution is 9.10. The second-order valence-electron chi connectivity index (χ2n) is 4.06. The van der Waals surface area contributed by atoms with Crippen molar-refractivity contribution in [1.29, 1.82) is 0 Å². The average Bonchev–Trinajstić information content (AvgIpc) is 2.36. The molecule has 0 unspecified atom stereocenters. The number of rotatable bonds is 4. The minimum Gasteiger partial charge on any atom is -0.486 e. The summed E-state index contributed by atoms with van der Waals surface area (Å²) in [5, 5.41) is 5.16. The molecule has 21 heavy (non-hydrogen) atoms. The Hall–Kier alpha value is -0.860. The van der Waals surface area contributed by atoms with Gasteiger partial charge in [0.2, 0.25) is 10.0 Å². The Morgan fingerprint density at radius 2 is 1.81 bits per heavy atom. The van der Waals surface area contributed by atoms with Crippen molar-refractivity contribution in [3.8, 4) is 5.75 Å². The average molecular weight is 412 g/mol. The number of aromatic nitrogens is 1. The molecule has 0 saturated heterocycles. The Kier molecular flexibility index (Phi) is 5.11. The van der Waals surface area contributed by atoms with Gasteiger partial charge in [0, 0.05) is 22.4 Å². The Morgan fingerprint density at radius 3 is 2.33 bits per heavy atom. The summed E-state index contributed by atoms with van der Waals surface area (Å²) in [5.74, 6) is 0.186. The first kappa shape index (κ1) is 16.5. The standard InChI is InChI=1S/C12H9BrCl2N2O3S/c13-8-1-7(4-17-5-8)6-20-12-10(14)2-9(3-11(12)15)21(16,18)19/h1-5H,6H2,(H2,16,18,19). The van der Waals surface area contributed by atoms with E-state index >= 15 is 0 Å². The lowest BCUT2D eigenvalue weighted by Gasteiger charge is -2.11. The molecule has 0 aliphatic heterocycles. The number of nitrogens with two attached hydrogens (primary N) is 1. The van der Waals surface area contributed by atoms with Gasteiger partial charge in [0.15, 0.2) is 5.75 Å². The van der Waals surface area contributed by atoms with Crippen molar-refractivity contribution in [2.45, 2.75) is 11.5 Å². The van der Waals surface area contributed by atoms with Crippen LogP contribution >= 0.6 is 39.1 Å². The van der Waals surface area contributed by atoms with E-state index in [4.69, 9.17) is 33.1 Å². The van der Waals surface area contributed by atoms with Crippen LogP contribution in [-0.2, 0) is 16.6 Å². The van der Waals surface area contributed by atoms with Crippen LogP contribution in [0.2, 0.25) is 10.0 Å². The van der Waals surface area contributed by atoms with Crippen LogP contribution < -0.4 is 9.88 Å². The van der Waals surface area contributed by atoms with E-state index in [-0.39, 0.29) is 27.3 Å². The lowest BCUT2D eigenvalue weighted by Crippen LogP contribution is -2.12. The van der Waals surface area contributed by atoms with Crippen LogP contribution in [0.25, 0.3) is 0 Å². The molecule has 0 amide bonds. The van der Waals surface area contributed by atoms with Gasteiger partial charge in [-0.05, 0) is 34.1 Å². The SMILES string of the molecule is NS(=O)(=O)c1cc(Cl)c(OCc2cncc(Br)c2)c(Cl)c1. The van der Waals surface area contributed by atoms with Crippen molar-refractivity contribution in [2.75, 3.05) is 0 Å². The largest absolute Gasteiger partial charge is 0.486 e. The van der Waals surface area contributed by atoms with Crippen LogP contribution in [0, 0.1) is 0 Å². The van der Waals surface area contributed by atoms with E-state index < -0.39 is 10.0 Å². The summed E-state index contributed by atoms with van der Waals surface area (Å²) in [6, 6.07) is 4.21. The second kappa shape index (κ2) is 6.50. The molecule has 1 heterocycles. The molecule has 0 atom stereocenters. The Bertz CT molecular complexity index is 761. The lowest BCUT2D eigenvalue weighted by atomic mass is 10.3. The van der Waals surface area contributed by atoms with Gasteiger partial charge in [-0.25, -0.2) is 13.6 Å². The third-order valence-electron chi connectivity index (χ3n) is 2.45. The molecule has 0 radical (unpaired) electrons. The number of pyridine rings is 1. The van der Waals surface area contributed by atoms with E-state index in [0.717, 1.165) is 10.0 Å². The fourth-order valence-corrected chi connectivity index (χ4v) is 3.23. The molecule has 2 aromatic rings. The van der Waals surface area contributed by atoms with Gasteiger partial charge in [0.1, 0.15) is 6.61 Å². The first-order valence-electron chi connectivity index (χ1n) is 5.51. The van der Waals surface area contributed by atoms with Gasteiger partial charge in [0.25, 0.3) is 0 Å². The number of halogens is 3. The fraction of sp³-hybridized carbons (Fsp3) is 0.0833. The summed E-state index contributed by atoms with van der Waals surface area (Å²) in [5.41, 5.74) is 0.798. The Morgan fingerprint density at radius 1 is 1.19 bits per heavy atom. The number of ether oxygens (including phenoxy) is 1. The number of sulfonamides is 1. The van der Waals surface area contributed by atoms with E-state index in [2.05, 4.69) is 20.9 Å². The van der Waals surface area contributed by atoms with Crippen LogP contribution in [0.15, 0.2) is 40.0 Å². The highest BCUT2D eigenvalue weighted by atomic mass is 79.9. The van der Waals surface area contributed by atoms with Gasteiger partial charge in [-0.15, -0.1) is 0 Å². The van der Waals surface area contributed by atoms with Crippen molar-refractivity contribution < 1.29 is 13.2 Å². The molecular weight excluding hydrogens is 403 g/mol. The zero-order chi connectivity index (χ0) is 15.6. The zero-order valence-corrected chi connectivity index (χ0v) is 14.3. The predicted molar refractivity (Wildman–Crippen MR) is 84.1 cm³/mol. The summed E-state index contributed by atoms with van der Waals surface area (Å²) in [4.78, 5) is 3.83. The summed E-state index contributed by atoms with van der Waals surface area (Å²) in [6.07, 6.45) is 3.27. The molecule has 0 spiro atoms. The first-order chi connectivity index (χ1) is 9.77. The van der Waals surface area contributed by atoms with E-state index in [1.165, 1.54) is 12.1 Å². The third-order valence-corrected chi connectivity index (χ3v) is 4.33. The molecule has 0 saturated carbocycles. The van der Waals surface area contributed by atoms with Gasteiger partial charge in [-0.3, -0.25) is 4.98 Å². The monoisotopic (exact) mass is 410 g/mol. The molecule has 1 aromatic heterocycles. The molecule has 1 aromatic carbocycles. The lowest BCUT2D eigenvalue weighted by molar-refractivity contribution is 0.306. The Labute approximate surface area is 140 Å². The van der Waals surface area contributed by atoms with Crippen LogP contribution in [0.4, 0.5) is 0 Å². The van der Waals surface area contributed by atoms with E-state index in [0.29, 0.717) is 0 Å². The maximum absolute atomic E-state index is 11.3. The summed E-state index contributed by atoms with van der Waals surface area (Å²) in [7, 11) is -3.88. The highest BCUT2D eigenvalue weighted by Gasteiger charge is 2.16. The third kappa shape index (κ3) is 4.31.